The molecule has 1 aliphatic heterocycles. The van der Waals surface area contributed by atoms with Crippen molar-refractivity contribution < 1.29 is 29.1 Å². The summed E-state index contributed by atoms with van der Waals surface area (Å²) in [5.74, 6) is -1.09. The molecule has 1 aliphatic rings. The maximum atomic E-state index is 11.3. The van der Waals surface area contributed by atoms with Gasteiger partial charge in [0.05, 0.1) is 12.2 Å². The molecule has 148 valence electrons. The quantitative estimate of drug-likeness (QED) is 0.755. The van der Waals surface area contributed by atoms with E-state index in [9.17, 15) is 15.0 Å². The third-order valence-corrected chi connectivity index (χ3v) is 4.24. The third-order valence-electron chi connectivity index (χ3n) is 4.24. The van der Waals surface area contributed by atoms with Gasteiger partial charge >= 0.3 is 5.97 Å². The average molecular weight is 370 g/mol. The van der Waals surface area contributed by atoms with Crippen LogP contribution in [-0.2, 0) is 9.63 Å². The summed E-state index contributed by atoms with van der Waals surface area (Å²) in [6.07, 6.45) is 0.674. The van der Waals surface area contributed by atoms with Crippen molar-refractivity contribution in [3.8, 4) is 5.88 Å². The molecule has 8 heteroatoms. The fraction of sp³-hybridized carbons (Fsp3) is 0.778. The minimum Gasteiger partial charge on any atom is -0.481 e. The van der Waals surface area contributed by atoms with E-state index in [-0.39, 0.29) is 29.1 Å². The summed E-state index contributed by atoms with van der Waals surface area (Å²) < 4.78 is 10.8. The van der Waals surface area contributed by atoms with Crippen molar-refractivity contribution in [3.05, 3.63) is 11.8 Å². The van der Waals surface area contributed by atoms with Gasteiger partial charge in [-0.25, -0.2) is 0 Å². The lowest BCUT2D eigenvalue weighted by Crippen LogP contribution is -2.47. The van der Waals surface area contributed by atoms with Crippen molar-refractivity contribution >= 4 is 5.97 Å². The van der Waals surface area contributed by atoms with E-state index in [1.165, 1.54) is 6.07 Å². The number of aromatic nitrogens is 1. The van der Waals surface area contributed by atoms with E-state index in [1.807, 2.05) is 34.6 Å². The zero-order valence-electron chi connectivity index (χ0n) is 16.1. The van der Waals surface area contributed by atoms with Crippen LogP contribution in [-0.4, -0.2) is 51.4 Å². The van der Waals surface area contributed by atoms with E-state index in [0.717, 1.165) is 6.42 Å². The molecule has 3 unspecified atom stereocenters. The molecule has 0 amide bonds. The van der Waals surface area contributed by atoms with Crippen LogP contribution in [0, 0.1) is 11.8 Å². The second-order valence-electron chi connectivity index (χ2n) is 8.15. The van der Waals surface area contributed by atoms with Gasteiger partial charge in [0.25, 0.3) is 5.88 Å². The summed E-state index contributed by atoms with van der Waals surface area (Å²) in [6, 6.07) is 1.53. The number of hydroxylamine groups is 2. The molecule has 2 N–H and O–H groups in total. The Balaban J connectivity index is 1.86. The van der Waals surface area contributed by atoms with Crippen LogP contribution in [0.2, 0.25) is 0 Å². The Morgan fingerprint density at radius 3 is 2.69 bits per heavy atom. The van der Waals surface area contributed by atoms with E-state index in [2.05, 4.69) is 5.16 Å². The molecule has 26 heavy (non-hydrogen) atoms. The Morgan fingerprint density at radius 1 is 1.46 bits per heavy atom. The number of hydrogen-bond donors (Lipinski definition) is 2. The summed E-state index contributed by atoms with van der Waals surface area (Å²) >= 11 is 0. The lowest BCUT2D eigenvalue weighted by Gasteiger charge is -2.38. The smallest absolute Gasteiger partial charge is 0.314 e. The standard InChI is InChI=1S/C18H30N2O6/c1-11(2)16(17(22)23)13-9-14(19-25-13)24-10-12-6-7-20(15(21)8-12)26-18(3,4)5/h9,11-12,15-16,21H,6-8,10H2,1-5H3,(H,22,23). The van der Waals surface area contributed by atoms with Crippen LogP contribution in [0.1, 0.15) is 59.1 Å². The summed E-state index contributed by atoms with van der Waals surface area (Å²) in [4.78, 5) is 17.1. The number of carboxylic acid groups (broad SMARTS) is 1. The maximum Gasteiger partial charge on any atom is 0.314 e. The second-order valence-corrected chi connectivity index (χ2v) is 8.15. The van der Waals surface area contributed by atoms with E-state index in [0.29, 0.717) is 19.6 Å². The van der Waals surface area contributed by atoms with Crippen molar-refractivity contribution in [3.63, 3.8) is 0 Å². The van der Waals surface area contributed by atoms with E-state index < -0.39 is 18.1 Å². The molecule has 0 bridgehead atoms. The van der Waals surface area contributed by atoms with Gasteiger partial charge in [-0.1, -0.05) is 13.8 Å². The number of piperidine rings is 1. The number of rotatable bonds is 7. The fourth-order valence-corrected chi connectivity index (χ4v) is 3.03. The number of aliphatic hydroxyl groups is 1. The first-order valence-corrected chi connectivity index (χ1v) is 9.03. The van der Waals surface area contributed by atoms with Crippen molar-refractivity contribution in [2.24, 2.45) is 11.8 Å². The van der Waals surface area contributed by atoms with Crippen LogP contribution < -0.4 is 4.74 Å². The Morgan fingerprint density at radius 2 is 2.15 bits per heavy atom. The zero-order valence-corrected chi connectivity index (χ0v) is 16.1. The third kappa shape index (κ3) is 5.69. The lowest BCUT2D eigenvalue weighted by molar-refractivity contribution is -0.302. The van der Waals surface area contributed by atoms with Crippen LogP contribution in [0.15, 0.2) is 10.6 Å². The fourth-order valence-electron chi connectivity index (χ4n) is 3.03. The molecule has 0 aromatic carbocycles. The van der Waals surface area contributed by atoms with Gasteiger partial charge in [0.2, 0.25) is 0 Å². The topological polar surface area (TPSA) is 105 Å². The average Bonchev–Trinajstić information content (AvgIpc) is 2.94. The first-order valence-electron chi connectivity index (χ1n) is 9.03. The predicted octanol–water partition coefficient (Wildman–Crippen LogP) is 2.64. The van der Waals surface area contributed by atoms with Gasteiger partial charge in [-0.15, -0.1) is 0 Å². The van der Waals surface area contributed by atoms with Gasteiger partial charge in [0.1, 0.15) is 12.1 Å². The summed E-state index contributed by atoms with van der Waals surface area (Å²) in [7, 11) is 0. The highest BCUT2D eigenvalue weighted by atomic mass is 16.7. The molecule has 2 heterocycles. The summed E-state index contributed by atoms with van der Waals surface area (Å²) in [5, 5.41) is 25.0. The molecule has 3 atom stereocenters. The zero-order chi connectivity index (χ0) is 19.5. The first-order chi connectivity index (χ1) is 12.1. The molecule has 1 aromatic heterocycles. The van der Waals surface area contributed by atoms with Crippen molar-refractivity contribution in [2.75, 3.05) is 13.2 Å². The molecule has 0 spiro atoms. The minimum atomic E-state index is -0.947. The molecule has 1 saturated heterocycles. The van der Waals surface area contributed by atoms with Gasteiger partial charge in [-0.05, 0) is 50.6 Å². The molecule has 8 nitrogen and oxygen atoms in total. The van der Waals surface area contributed by atoms with Gasteiger partial charge in [0, 0.05) is 12.6 Å². The molecule has 2 rings (SSSR count). The number of nitrogens with zero attached hydrogens (tertiary/aromatic N) is 2. The number of ether oxygens (including phenoxy) is 1. The Hall–Kier alpha value is -1.64. The van der Waals surface area contributed by atoms with Crippen LogP contribution in [0.3, 0.4) is 0 Å². The van der Waals surface area contributed by atoms with E-state index in [4.69, 9.17) is 14.1 Å². The van der Waals surface area contributed by atoms with Gasteiger partial charge in [-0.2, -0.15) is 5.06 Å². The minimum absolute atomic E-state index is 0.115. The van der Waals surface area contributed by atoms with Crippen molar-refractivity contribution in [1.82, 2.24) is 10.2 Å². The first kappa shape index (κ1) is 20.7. The second kappa shape index (κ2) is 8.37. The molecule has 0 radical (unpaired) electrons. The summed E-state index contributed by atoms with van der Waals surface area (Å²) in [5.41, 5.74) is -0.349. The lowest BCUT2D eigenvalue weighted by atomic mass is 9.93. The van der Waals surface area contributed by atoms with Crippen LogP contribution in [0.4, 0.5) is 0 Å². The molecule has 0 aliphatic carbocycles. The predicted molar refractivity (Wildman–Crippen MR) is 93.5 cm³/mol. The normalized spacial score (nSPS) is 23.2. The molecule has 1 fully saturated rings. The Bertz CT molecular complexity index is 595. The summed E-state index contributed by atoms with van der Waals surface area (Å²) in [6.45, 7) is 10.5. The van der Waals surface area contributed by atoms with Crippen molar-refractivity contribution in [1.29, 1.82) is 0 Å². The largest absolute Gasteiger partial charge is 0.481 e. The van der Waals surface area contributed by atoms with Crippen LogP contribution >= 0.6 is 0 Å². The number of aliphatic carboxylic acids is 1. The molecule has 0 saturated carbocycles. The van der Waals surface area contributed by atoms with Crippen molar-refractivity contribution in [2.45, 2.75) is 65.2 Å². The highest BCUT2D eigenvalue weighted by molar-refractivity contribution is 5.75. The number of carboxylic acids is 1. The Kier molecular flexibility index (Phi) is 6.65. The van der Waals surface area contributed by atoms with Crippen LogP contribution in [0.25, 0.3) is 0 Å². The van der Waals surface area contributed by atoms with Crippen LogP contribution in [0.5, 0.6) is 5.88 Å². The number of carbonyl (C=O) groups is 1. The van der Waals surface area contributed by atoms with Gasteiger partial charge in [0.15, 0.2) is 5.76 Å². The number of hydrogen-bond acceptors (Lipinski definition) is 7. The van der Waals surface area contributed by atoms with E-state index >= 15 is 0 Å². The highest BCUT2D eigenvalue weighted by Gasteiger charge is 2.32. The van der Waals surface area contributed by atoms with Gasteiger partial charge < -0.3 is 19.5 Å². The molecular weight excluding hydrogens is 340 g/mol. The highest BCUT2D eigenvalue weighted by Crippen LogP contribution is 2.29. The van der Waals surface area contributed by atoms with E-state index in [1.54, 1.807) is 5.06 Å². The maximum absolute atomic E-state index is 11.3. The van der Waals surface area contributed by atoms with Gasteiger partial charge in [-0.3, -0.25) is 9.63 Å². The number of aliphatic hydroxyl groups excluding tert-OH is 1. The monoisotopic (exact) mass is 370 g/mol. The Labute approximate surface area is 154 Å². The molecular formula is C18H30N2O6. The molecule has 1 aromatic rings. The SMILES string of the molecule is CC(C)C(C(=O)O)c1cc(OCC2CCN(OC(C)(C)C)C(O)C2)no1.